The van der Waals surface area contributed by atoms with Gasteiger partial charge in [0.05, 0.1) is 16.8 Å². The summed E-state index contributed by atoms with van der Waals surface area (Å²) in [7, 11) is 0. The largest absolute Gasteiger partial charge is 0.324 e. The summed E-state index contributed by atoms with van der Waals surface area (Å²) >= 11 is 6.13. The van der Waals surface area contributed by atoms with Crippen molar-refractivity contribution >= 4 is 40.8 Å². The highest BCUT2D eigenvalue weighted by atomic mass is 35.5. The van der Waals surface area contributed by atoms with E-state index in [4.69, 9.17) is 11.6 Å². The van der Waals surface area contributed by atoms with Crippen molar-refractivity contribution in [2.24, 2.45) is 5.92 Å². The summed E-state index contributed by atoms with van der Waals surface area (Å²) in [6.45, 7) is 3.51. The van der Waals surface area contributed by atoms with Gasteiger partial charge in [-0.05, 0) is 36.2 Å². The van der Waals surface area contributed by atoms with E-state index in [1.807, 2.05) is 0 Å². The van der Waals surface area contributed by atoms with Gasteiger partial charge in [-0.2, -0.15) is 0 Å². The van der Waals surface area contributed by atoms with Gasteiger partial charge in [-0.25, -0.2) is 0 Å². The molecule has 0 unspecified atom stereocenters. The Balaban J connectivity index is 1.67. The summed E-state index contributed by atoms with van der Waals surface area (Å²) in [6.07, 6.45) is 0. The molecular weight excluding hydrogens is 440 g/mol. The fourth-order valence-corrected chi connectivity index (χ4v) is 4.12. The van der Waals surface area contributed by atoms with Crippen LogP contribution < -0.4 is 5.32 Å². The summed E-state index contributed by atoms with van der Waals surface area (Å²) in [5, 5.41) is 3.09. The number of amides is 3. The summed E-state index contributed by atoms with van der Waals surface area (Å²) in [5.74, 6) is -2.27. The van der Waals surface area contributed by atoms with Gasteiger partial charge in [0.2, 0.25) is 5.91 Å². The molecule has 1 atom stereocenters. The molecule has 6 nitrogen and oxygen atoms in total. The number of anilines is 1. The number of rotatable bonds is 6. The Morgan fingerprint density at radius 2 is 1.42 bits per heavy atom. The molecule has 1 aliphatic heterocycles. The Kier molecular flexibility index (Phi) is 6.11. The maximum Gasteiger partial charge on any atom is 0.262 e. The van der Waals surface area contributed by atoms with Gasteiger partial charge in [0.25, 0.3) is 11.8 Å². The summed E-state index contributed by atoms with van der Waals surface area (Å²) in [5.41, 5.74) is 1.45. The van der Waals surface area contributed by atoms with E-state index in [0.29, 0.717) is 10.6 Å². The van der Waals surface area contributed by atoms with Crippen molar-refractivity contribution in [1.82, 2.24) is 4.90 Å². The second-order valence-corrected chi connectivity index (χ2v) is 8.53. The normalized spacial score (nSPS) is 13.8. The quantitative estimate of drug-likeness (QED) is 0.422. The van der Waals surface area contributed by atoms with Crippen LogP contribution in [0.5, 0.6) is 0 Å². The van der Waals surface area contributed by atoms with Crippen molar-refractivity contribution in [1.29, 1.82) is 0 Å². The molecule has 0 aliphatic carbocycles. The third kappa shape index (κ3) is 4.17. The van der Waals surface area contributed by atoms with E-state index in [-0.39, 0.29) is 34.1 Å². The molecule has 33 heavy (non-hydrogen) atoms. The van der Waals surface area contributed by atoms with Crippen LogP contribution in [0.1, 0.15) is 50.5 Å². The zero-order valence-electron chi connectivity index (χ0n) is 18.0. The number of nitrogens with zero attached hydrogens (tertiary/aromatic N) is 1. The molecule has 0 aromatic heterocycles. The van der Waals surface area contributed by atoms with Gasteiger partial charge in [-0.15, -0.1) is 0 Å². The van der Waals surface area contributed by atoms with E-state index in [1.54, 1.807) is 74.5 Å². The van der Waals surface area contributed by atoms with Gasteiger partial charge in [-0.1, -0.05) is 67.9 Å². The first-order chi connectivity index (χ1) is 15.8. The third-order valence-corrected chi connectivity index (χ3v) is 5.76. The topological polar surface area (TPSA) is 83.6 Å². The number of benzene rings is 3. The first-order valence-corrected chi connectivity index (χ1v) is 10.8. The predicted octanol–water partition coefficient (Wildman–Crippen LogP) is 4.83. The molecule has 0 bridgehead atoms. The molecule has 7 heteroatoms. The summed E-state index contributed by atoms with van der Waals surface area (Å²) in [4.78, 5) is 53.4. The van der Waals surface area contributed by atoms with Crippen molar-refractivity contribution < 1.29 is 19.2 Å². The second kappa shape index (κ2) is 9.00. The minimum atomic E-state index is -1.06. The number of carbonyl (C=O) groups is 4. The minimum absolute atomic E-state index is 0.215. The smallest absolute Gasteiger partial charge is 0.262 e. The Hall–Kier alpha value is -3.77. The molecular formula is C26H21ClN2O4. The number of imide groups is 1. The molecule has 0 radical (unpaired) electrons. The maximum atomic E-state index is 13.4. The van der Waals surface area contributed by atoms with Crippen molar-refractivity contribution in [3.63, 3.8) is 0 Å². The molecule has 1 aliphatic rings. The fourth-order valence-electron chi connectivity index (χ4n) is 3.94. The standard InChI is InChI=1S/C26H21ClN2O4/c1-15(2)22(29-25(32)18-10-6-7-11-19(18)26(29)33)24(31)28-21-13-12-17(27)14-20(21)23(30)16-8-4-3-5-9-16/h3-15,22H,1-2H3,(H,28,31)/t22-/m1/s1. The number of ketones is 1. The molecule has 0 saturated carbocycles. The van der Waals surface area contributed by atoms with Crippen LogP contribution in [-0.2, 0) is 4.79 Å². The van der Waals surface area contributed by atoms with Gasteiger partial charge < -0.3 is 5.32 Å². The molecule has 1 heterocycles. The first kappa shape index (κ1) is 22.4. The lowest BCUT2D eigenvalue weighted by molar-refractivity contribution is -0.121. The number of nitrogens with one attached hydrogen (secondary N) is 1. The average Bonchev–Trinajstić information content (AvgIpc) is 3.06. The molecule has 0 spiro atoms. The van der Waals surface area contributed by atoms with Crippen LogP contribution in [0.15, 0.2) is 72.8 Å². The van der Waals surface area contributed by atoms with E-state index in [9.17, 15) is 19.2 Å². The van der Waals surface area contributed by atoms with E-state index in [0.717, 1.165) is 4.90 Å². The third-order valence-electron chi connectivity index (χ3n) is 5.52. The number of carbonyl (C=O) groups excluding carboxylic acids is 4. The van der Waals surface area contributed by atoms with Crippen LogP contribution in [0.4, 0.5) is 5.69 Å². The second-order valence-electron chi connectivity index (χ2n) is 8.09. The van der Waals surface area contributed by atoms with Crippen molar-refractivity contribution in [2.75, 3.05) is 5.32 Å². The van der Waals surface area contributed by atoms with E-state index in [2.05, 4.69) is 5.32 Å². The molecule has 4 rings (SSSR count). The van der Waals surface area contributed by atoms with Crippen LogP contribution in [0.25, 0.3) is 0 Å². The highest BCUT2D eigenvalue weighted by Gasteiger charge is 2.44. The van der Waals surface area contributed by atoms with Gasteiger partial charge >= 0.3 is 0 Å². The minimum Gasteiger partial charge on any atom is -0.324 e. The SMILES string of the molecule is CC(C)[C@H](C(=O)Nc1ccc(Cl)cc1C(=O)c1ccccc1)N1C(=O)c2ccccc2C1=O. The number of halogens is 1. The van der Waals surface area contributed by atoms with Crippen LogP contribution in [0.3, 0.4) is 0 Å². The predicted molar refractivity (Wildman–Crippen MR) is 126 cm³/mol. The van der Waals surface area contributed by atoms with Crippen molar-refractivity contribution in [3.05, 3.63) is 100 Å². The Labute approximate surface area is 196 Å². The van der Waals surface area contributed by atoms with Crippen molar-refractivity contribution in [2.45, 2.75) is 19.9 Å². The zero-order valence-corrected chi connectivity index (χ0v) is 18.8. The summed E-state index contributed by atoms with van der Waals surface area (Å²) in [6, 6.07) is 18.6. The average molecular weight is 461 g/mol. The Morgan fingerprint density at radius 3 is 2.00 bits per heavy atom. The highest BCUT2D eigenvalue weighted by Crippen LogP contribution is 2.29. The van der Waals surface area contributed by atoms with Crippen molar-refractivity contribution in [3.8, 4) is 0 Å². The number of fused-ring (bicyclic) bond motifs is 1. The molecule has 0 saturated heterocycles. The first-order valence-electron chi connectivity index (χ1n) is 10.5. The van der Waals surface area contributed by atoms with Crippen LogP contribution in [0, 0.1) is 5.92 Å². The molecule has 166 valence electrons. The lowest BCUT2D eigenvalue weighted by Crippen LogP contribution is -2.50. The van der Waals surface area contributed by atoms with Gasteiger partial charge in [0.15, 0.2) is 5.78 Å². The van der Waals surface area contributed by atoms with Crippen LogP contribution in [-0.4, -0.2) is 34.4 Å². The highest BCUT2D eigenvalue weighted by molar-refractivity contribution is 6.31. The maximum absolute atomic E-state index is 13.4. The molecule has 3 amide bonds. The Morgan fingerprint density at radius 1 is 0.848 bits per heavy atom. The van der Waals surface area contributed by atoms with E-state index < -0.39 is 23.8 Å². The Bertz CT molecular complexity index is 1240. The number of hydrogen-bond donors (Lipinski definition) is 1. The molecule has 1 N–H and O–H groups in total. The van der Waals surface area contributed by atoms with Gasteiger partial charge in [0.1, 0.15) is 6.04 Å². The van der Waals surface area contributed by atoms with Crippen LogP contribution >= 0.6 is 11.6 Å². The summed E-state index contributed by atoms with van der Waals surface area (Å²) < 4.78 is 0. The molecule has 3 aromatic rings. The lowest BCUT2D eigenvalue weighted by Gasteiger charge is -2.28. The van der Waals surface area contributed by atoms with E-state index in [1.165, 1.54) is 12.1 Å². The number of hydrogen-bond acceptors (Lipinski definition) is 4. The molecule has 0 fully saturated rings. The lowest BCUT2D eigenvalue weighted by atomic mass is 9.99. The van der Waals surface area contributed by atoms with E-state index >= 15 is 0 Å². The van der Waals surface area contributed by atoms with Gasteiger partial charge in [-0.3, -0.25) is 24.1 Å². The fraction of sp³-hybridized carbons (Fsp3) is 0.154. The van der Waals surface area contributed by atoms with Gasteiger partial charge in [0, 0.05) is 16.1 Å². The molecule has 3 aromatic carbocycles. The van der Waals surface area contributed by atoms with Crippen LogP contribution in [0.2, 0.25) is 5.02 Å². The zero-order chi connectivity index (χ0) is 23.7. The monoisotopic (exact) mass is 460 g/mol.